The quantitative estimate of drug-likeness (QED) is 0.513. The number of amides is 2. The number of benzene rings is 2. The highest BCUT2D eigenvalue weighted by Gasteiger charge is 2.15. The third kappa shape index (κ3) is 4.04. The van der Waals surface area contributed by atoms with Crippen molar-refractivity contribution in [3.8, 4) is 0 Å². The highest BCUT2D eigenvalue weighted by atomic mass is 16.2. The van der Waals surface area contributed by atoms with Gasteiger partial charge in [0, 0.05) is 5.69 Å². The van der Waals surface area contributed by atoms with Crippen LogP contribution in [0.3, 0.4) is 0 Å². The summed E-state index contributed by atoms with van der Waals surface area (Å²) in [7, 11) is 0. The van der Waals surface area contributed by atoms with Gasteiger partial charge >= 0.3 is 0 Å². The predicted molar refractivity (Wildman–Crippen MR) is 83.4 cm³/mol. The van der Waals surface area contributed by atoms with E-state index in [-0.39, 0.29) is 5.57 Å². The first-order chi connectivity index (χ1) is 10.1. The first kappa shape index (κ1) is 14.5. The molecule has 21 heavy (non-hydrogen) atoms. The number of hydrogen-bond acceptors (Lipinski definition) is 2. The standard InChI is InChI=1S/C17H16N2O2/c1-12-7-9-13(10-8-12)11-15(16(18)20)17(21)19-14-5-3-2-4-6-14/h2-11H,1H3,(H2,18,20)(H,19,21)/b15-11+. The van der Waals surface area contributed by atoms with Gasteiger partial charge in [0.25, 0.3) is 11.8 Å². The number of anilines is 1. The van der Waals surface area contributed by atoms with Gasteiger partial charge in [0.15, 0.2) is 0 Å². The van der Waals surface area contributed by atoms with Crippen LogP contribution in [0.4, 0.5) is 5.69 Å². The lowest BCUT2D eigenvalue weighted by Crippen LogP contribution is -2.25. The molecule has 0 bridgehead atoms. The van der Waals surface area contributed by atoms with E-state index in [0.29, 0.717) is 5.69 Å². The minimum Gasteiger partial charge on any atom is -0.365 e. The first-order valence-electron chi connectivity index (χ1n) is 6.51. The zero-order valence-corrected chi connectivity index (χ0v) is 11.7. The molecule has 0 spiro atoms. The molecule has 0 saturated heterocycles. The second-order valence-electron chi connectivity index (χ2n) is 4.65. The largest absolute Gasteiger partial charge is 0.365 e. The van der Waals surface area contributed by atoms with Gasteiger partial charge in [-0.25, -0.2) is 0 Å². The Kier molecular flexibility index (Phi) is 4.51. The number of rotatable bonds is 4. The van der Waals surface area contributed by atoms with Crippen LogP contribution in [0.2, 0.25) is 0 Å². The highest BCUT2D eigenvalue weighted by Crippen LogP contribution is 2.12. The van der Waals surface area contributed by atoms with E-state index < -0.39 is 11.8 Å². The summed E-state index contributed by atoms with van der Waals surface area (Å²) >= 11 is 0. The second kappa shape index (κ2) is 6.52. The normalized spacial score (nSPS) is 11.0. The van der Waals surface area contributed by atoms with Gasteiger partial charge in [-0.2, -0.15) is 0 Å². The Morgan fingerprint density at radius 2 is 1.62 bits per heavy atom. The molecule has 106 valence electrons. The Bertz CT molecular complexity index is 674. The van der Waals surface area contributed by atoms with Gasteiger partial charge in [-0.3, -0.25) is 9.59 Å². The van der Waals surface area contributed by atoms with Crippen molar-refractivity contribution in [1.82, 2.24) is 0 Å². The summed E-state index contributed by atoms with van der Waals surface area (Å²) in [5.74, 6) is -1.28. The van der Waals surface area contributed by atoms with Crippen LogP contribution >= 0.6 is 0 Å². The average Bonchev–Trinajstić information content (AvgIpc) is 2.47. The number of aryl methyl sites for hydroxylation is 1. The lowest BCUT2D eigenvalue weighted by Gasteiger charge is -2.06. The molecular weight excluding hydrogens is 264 g/mol. The molecule has 0 aliphatic rings. The van der Waals surface area contributed by atoms with Gasteiger partial charge < -0.3 is 11.1 Å². The Hall–Kier alpha value is -2.88. The fraction of sp³-hybridized carbons (Fsp3) is 0.0588. The molecule has 0 aliphatic carbocycles. The molecule has 0 saturated carbocycles. The summed E-state index contributed by atoms with van der Waals surface area (Å²) in [4.78, 5) is 23.6. The van der Waals surface area contributed by atoms with Gasteiger partial charge in [0.1, 0.15) is 5.57 Å². The Morgan fingerprint density at radius 3 is 2.19 bits per heavy atom. The minimum atomic E-state index is -0.760. The molecule has 2 aromatic rings. The number of para-hydroxylation sites is 1. The summed E-state index contributed by atoms with van der Waals surface area (Å²) in [6.07, 6.45) is 1.49. The second-order valence-corrected chi connectivity index (χ2v) is 4.65. The number of nitrogens with two attached hydrogens (primary N) is 1. The molecule has 2 rings (SSSR count). The van der Waals surface area contributed by atoms with Crippen LogP contribution in [0.15, 0.2) is 60.2 Å². The molecule has 4 nitrogen and oxygen atoms in total. The molecule has 0 heterocycles. The number of primary amides is 1. The van der Waals surface area contributed by atoms with Crippen LogP contribution in [0.5, 0.6) is 0 Å². The molecule has 0 atom stereocenters. The lowest BCUT2D eigenvalue weighted by atomic mass is 10.1. The topological polar surface area (TPSA) is 72.2 Å². The average molecular weight is 280 g/mol. The Morgan fingerprint density at radius 1 is 1.00 bits per heavy atom. The monoisotopic (exact) mass is 280 g/mol. The summed E-state index contributed by atoms with van der Waals surface area (Å²) < 4.78 is 0. The maximum Gasteiger partial charge on any atom is 0.261 e. The fourth-order valence-corrected chi connectivity index (χ4v) is 1.80. The minimum absolute atomic E-state index is 0.0808. The van der Waals surface area contributed by atoms with E-state index in [1.165, 1.54) is 6.08 Å². The predicted octanol–water partition coefficient (Wildman–Crippen LogP) is 2.50. The molecule has 2 aromatic carbocycles. The van der Waals surface area contributed by atoms with Crippen molar-refractivity contribution in [2.24, 2.45) is 5.73 Å². The zero-order chi connectivity index (χ0) is 15.2. The van der Waals surface area contributed by atoms with Crippen molar-refractivity contribution in [1.29, 1.82) is 0 Å². The third-order valence-corrected chi connectivity index (χ3v) is 2.93. The SMILES string of the molecule is Cc1ccc(/C=C(\C(N)=O)C(=O)Nc2ccccc2)cc1. The molecular formula is C17H16N2O2. The Labute approximate surface area is 123 Å². The maximum atomic E-state index is 12.1. The maximum absolute atomic E-state index is 12.1. The van der Waals surface area contributed by atoms with Crippen molar-refractivity contribution in [3.05, 3.63) is 71.3 Å². The first-order valence-corrected chi connectivity index (χ1v) is 6.51. The van der Waals surface area contributed by atoms with Crippen molar-refractivity contribution >= 4 is 23.6 Å². The van der Waals surface area contributed by atoms with Gasteiger partial charge in [0.05, 0.1) is 0 Å². The molecule has 0 aromatic heterocycles. The van der Waals surface area contributed by atoms with Gasteiger partial charge in [-0.1, -0.05) is 48.0 Å². The van der Waals surface area contributed by atoms with Crippen LogP contribution in [-0.2, 0) is 9.59 Å². The fourth-order valence-electron chi connectivity index (χ4n) is 1.80. The molecule has 0 radical (unpaired) electrons. The van der Waals surface area contributed by atoms with Crippen molar-refractivity contribution < 1.29 is 9.59 Å². The number of carbonyl (C=O) groups excluding carboxylic acids is 2. The van der Waals surface area contributed by atoms with E-state index in [2.05, 4.69) is 5.32 Å². The van der Waals surface area contributed by atoms with Gasteiger partial charge in [-0.05, 0) is 30.7 Å². The zero-order valence-electron chi connectivity index (χ0n) is 11.7. The lowest BCUT2D eigenvalue weighted by molar-refractivity contribution is -0.119. The van der Waals surface area contributed by atoms with E-state index in [1.807, 2.05) is 37.3 Å². The van der Waals surface area contributed by atoms with E-state index in [1.54, 1.807) is 24.3 Å². The van der Waals surface area contributed by atoms with Crippen LogP contribution in [-0.4, -0.2) is 11.8 Å². The van der Waals surface area contributed by atoms with Gasteiger partial charge in [0.2, 0.25) is 0 Å². The molecule has 4 heteroatoms. The van der Waals surface area contributed by atoms with E-state index in [9.17, 15) is 9.59 Å². The molecule has 0 unspecified atom stereocenters. The van der Waals surface area contributed by atoms with Crippen molar-refractivity contribution in [2.45, 2.75) is 6.92 Å². The molecule has 0 fully saturated rings. The molecule has 0 aliphatic heterocycles. The summed E-state index contributed by atoms with van der Waals surface area (Å²) in [6.45, 7) is 1.96. The molecule has 3 N–H and O–H groups in total. The summed E-state index contributed by atoms with van der Waals surface area (Å²) in [6, 6.07) is 16.4. The number of carbonyl (C=O) groups is 2. The third-order valence-electron chi connectivity index (χ3n) is 2.93. The van der Waals surface area contributed by atoms with Crippen molar-refractivity contribution in [3.63, 3.8) is 0 Å². The van der Waals surface area contributed by atoms with Gasteiger partial charge in [-0.15, -0.1) is 0 Å². The van der Waals surface area contributed by atoms with E-state index in [0.717, 1.165) is 11.1 Å². The summed E-state index contributed by atoms with van der Waals surface area (Å²) in [5, 5.41) is 2.65. The Balaban J connectivity index is 2.24. The van der Waals surface area contributed by atoms with Crippen LogP contribution in [0.1, 0.15) is 11.1 Å². The molecule has 2 amide bonds. The van der Waals surface area contributed by atoms with Crippen LogP contribution < -0.4 is 11.1 Å². The smallest absolute Gasteiger partial charge is 0.261 e. The van der Waals surface area contributed by atoms with E-state index in [4.69, 9.17) is 5.73 Å². The van der Waals surface area contributed by atoms with Crippen molar-refractivity contribution in [2.75, 3.05) is 5.32 Å². The van der Waals surface area contributed by atoms with Crippen LogP contribution in [0.25, 0.3) is 6.08 Å². The highest BCUT2D eigenvalue weighted by molar-refractivity contribution is 6.25. The van der Waals surface area contributed by atoms with Crippen LogP contribution in [0, 0.1) is 6.92 Å². The summed E-state index contributed by atoms with van der Waals surface area (Å²) in [5.41, 5.74) is 7.68. The number of hydrogen-bond donors (Lipinski definition) is 2. The van der Waals surface area contributed by atoms with E-state index >= 15 is 0 Å². The number of nitrogens with one attached hydrogen (secondary N) is 1.